The maximum Gasteiger partial charge on any atom is 0.251 e. The zero-order valence-electron chi connectivity index (χ0n) is 16.2. The fourth-order valence-corrected chi connectivity index (χ4v) is 3.18. The third-order valence-corrected chi connectivity index (χ3v) is 4.67. The molecule has 0 unspecified atom stereocenters. The summed E-state index contributed by atoms with van der Waals surface area (Å²) in [7, 11) is 0. The third-order valence-electron chi connectivity index (χ3n) is 4.67. The highest BCUT2D eigenvalue weighted by Gasteiger charge is 2.14. The number of carbonyl (C=O) groups is 1. The van der Waals surface area contributed by atoms with E-state index in [9.17, 15) is 4.79 Å². The third kappa shape index (κ3) is 4.22. The predicted molar refractivity (Wildman–Crippen MR) is 106 cm³/mol. The van der Waals surface area contributed by atoms with Crippen LogP contribution in [0.2, 0.25) is 0 Å². The van der Waals surface area contributed by atoms with Gasteiger partial charge in [0.15, 0.2) is 0 Å². The van der Waals surface area contributed by atoms with Gasteiger partial charge in [0.25, 0.3) is 5.91 Å². The van der Waals surface area contributed by atoms with Gasteiger partial charge in [-0.05, 0) is 44.9 Å². The molecule has 0 saturated carbocycles. The van der Waals surface area contributed by atoms with Gasteiger partial charge in [-0.15, -0.1) is 0 Å². The van der Waals surface area contributed by atoms with E-state index < -0.39 is 0 Å². The van der Waals surface area contributed by atoms with E-state index in [0.29, 0.717) is 12.1 Å². The van der Waals surface area contributed by atoms with Crippen molar-refractivity contribution in [3.8, 4) is 11.3 Å². The van der Waals surface area contributed by atoms with Crippen molar-refractivity contribution < 1.29 is 4.79 Å². The smallest absolute Gasteiger partial charge is 0.251 e. The van der Waals surface area contributed by atoms with Gasteiger partial charge in [-0.25, -0.2) is 15.0 Å². The van der Waals surface area contributed by atoms with Crippen molar-refractivity contribution in [1.82, 2.24) is 24.8 Å². The quantitative estimate of drug-likeness (QED) is 0.727. The lowest BCUT2D eigenvalue weighted by Crippen LogP contribution is -2.29. The molecule has 0 aliphatic heterocycles. The van der Waals surface area contributed by atoms with E-state index in [0.717, 1.165) is 34.8 Å². The van der Waals surface area contributed by atoms with Crippen LogP contribution in [0.5, 0.6) is 0 Å². The lowest BCUT2D eigenvalue weighted by Gasteiger charge is -2.15. The molecule has 0 aliphatic rings. The number of hydrogen-bond acceptors (Lipinski definition) is 4. The molecule has 1 N–H and O–H groups in total. The predicted octanol–water partition coefficient (Wildman–Crippen LogP) is 3.51. The van der Waals surface area contributed by atoms with Crippen molar-refractivity contribution in [3.63, 3.8) is 0 Å². The van der Waals surface area contributed by atoms with Crippen LogP contribution in [0, 0.1) is 13.8 Å². The van der Waals surface area contributed by atoms with Crippen LogP contribution in [0.3, 0.4) is 0 Å². The molecule has 3 rings (SSSR count). The maximum atomic E-state index is 12.6. The Bertz CT molecular complexity index is 934. The summed E-state index contributed by atoms with van der Waals surface area (Å²) in [5.41, 5.74) is 4.58. The Morgan fingerprint density at radius 3 is 2.78 bits per heavy atom. The second kappa shape index (κ2) is 8.12. The Balaban J connectivity index is 1.81. The molecule has 2 aromatic heterocycles. The molecule has 0 spiro atoms. The fourth-order valence-electron chi connectivity index (χ4n) is 3.18. The molecule has 0 radical (unpaired) electrons. The average molecular weight is 363 g/mol. The lowest BCUT2D eigenvalue weighted by molar-refractivity contribution is 0.0948. The molecule has 1 amide bonds. The van der Waals surface area contributed by atoms with Gasteiger partial charge >= 0.3 is 0 Å². The second-order valence-electron chi connectivity index (χ2n) is 6.69. The molecule has 0 saturated heterocycles. The van der Waals surface area contributed by atoms with Gasteiger partial charge in [0.1, 0.15) is 5.82 Å². The Morgan fingerprint density at radius 1 is 1.26 bits per heavy atom. The Hall–Kier alpha value is -3.02. The largest absolute Gasteiger partial charge is 0.350 e. The standard InChI is InChI=1S/C21H25N5O/c1-5-19-15(3)24-16(4)25-20(19)17-7-6-8-18(11-17)21(27)23-12-14(2)26-10-9-22-13-26/h6-11,13-14H,5,12H2,1-4H3,(H,23,27)/t14-/m0/s1. The van der Waals surface area contributed by atoms with Crippen LogP contribution in [0.25, 0.3) is 11.3 Å². The molecule has 27 heavy (non-hydrogen) atoms. The number of nitrogens with zero attached hydrogens (tertiary/aromatic N) is 4. The summed E-state index contributed by atoms with van der Waals surface area (Å²) in [6.07, 6.45) is 6.23. The first-order chi connectivity index (χ1) is 13.0. The maximum absolute atomic E-state index is 12.6. The van der Waals surface area contributed by atoms with Gasteiger partial charge in [-0.3, -0.25) is 4.79 Å². The molecule has 0 fully saturated rings. The van der Waals surface area contributed by atoms with Crippen LogP contribution in [-0.2, 0) is 6.42 Å². The van der Waals surface area contributed by atoms with E-state index in [1.165, 1.54) is 0 Å². The zero-order valence-corrected chi connectivity index (χ0v) is 16.2. The molecule has 3 aromatic rings. The number of aromatic nitrogens is 4. The highest BCUT2D eigenvalue weighted by Crippen LogP contribution is 2.25. The van der Waals surface area contributed by atoms with E-state index in [1.54, 1.807) is 12.5 Å². The van der Waals surface area contributed by atoms with Crippen LogP contribution in [0.1, 0.15) is 47.3 Å². The van der Waals surface area contributed by atoms with Crippen molar-refractivity contribution in [3.05, 3.63) is 65.6 Å². The summed E-state index contributed by atoms with van der Waals surface area (Å²) in [5.74, 6) is 0.646. The van der Waals surface area contributed by atoms with Gasteiger partial charge in [-0.2, -0.15) is 0 Å². The minimum Gasteiger partial charge on any atom is -0.350 e. The number of amides is 1. The molecule has 1 aromatic carbocycles. The van der Waals surface area contributed by atoms with Crippen molar-refractivity contribution in [2.75, 3.05) is 6.54 Å². The first-order valence-electron chi connectivity index (χ1n) is 9.19. The van der Waals surface area contributed by atoms with Crippen LogP contribution in [0.4, 0.5) is 0 Å². The first-order valence-corrected chi connectivity index (χ1v) is 9.19. The lowest BCUT2D eigenvalue weighted by atomic mass is 10.0. The Labute approximate surface area is 159 Å². The Kier molecular flexibility index (Phi) is 5.64. The number of benzene rings is 1. The normalized spacial score (nSPS) is 12.0. The summed E-state index contributed by atoms with van der Waals surface area (Å²) in [5, 5.41) is 3.00. The molecule has 6 nitrogen and oxygen atoms in total. The minimum atomic E-state index is -0.0932. The van der Waals surface area contributed by atoms with E-state index in [1.807, 2.05) is 55.8 Å². The number of aryl methyl sites for hydroxylation is 2. The van der Waals surface area contributed by atoms with Crippen molar-refractivity contribution in [2.24, 2.45) is 0 Å². The van der Waals surface area contributed by atoms with Gasteiger partial charge < -0.3 is 9.88 Å². The minimum absolute atomic E-state index is 0.0932. The van der Waals surface area contributed by atoms with Gasteiger partial charge in [-0.1, -0.05) is 19.1 Å². The number of carbonyl (C=O) groups excluding carboxylic acids is 1. The summed E-state index contributed by atoms with van der Waals surface area (Å²) in [4.78, 5) is 25.8. The van der Waals surface area contributed by atoms with Gasteiger partial charge in [0.05, 0.1) is 12.0 Å². The Morgan fingerprint density at radius 2 is 2.07 bits per heavy atom. The van der Waals surface area contributed by atoms with Crippen LogP contribution in [0.15, 0.2) is 43.0 Å². The number of hydrogen-bond donors (Lipinski definition) is 1. The van der Waals surface area contributed by atoms with Gasteiger partial charge in [0.2, 0.25) is 0 Å². The topological polar surface area (TPSA) is 72.7 Å². The van der Waals surface area contributed by atoms with E-state index >= 15 is 0 Å². The number of imidazole rings is 1. The summed E-state index contributed by atoms with van der Waals surface area (Å²) >= 11 is 0. The summed E-state index contributed by atoms with van der Waals surface area (Å²) < 4.78 is 1.97. The van der Waals surface area contributed by atoms with Crippen LogP contribution >= 0.6 is 0 Å². The molecule has 0 aliphatic carbocycles. The van der Waals surface area contributed by atoms with E-state index in [2.05, 4.69) is 27.2 Å². The summed E-state index contributed by atoms with van der Waals surface area (Å²) in [6.45, 7) is 8.57. The van der Waals surface area contributed by atoms with Crippen molar-refractivity contribution in [1.29, 1.82) is 0 Å². The highest BCUT2D eigenvalue weighted by atomic mass is 16.1. The van der Waals surface area contributed by atoms with Crippen LogP contribution in [-0.4, -0.2) is 32.0 Å². The number of nitrogens with one attached hydrogen (secondary N) is 1. The SMILES string of the molecule is CCc1c(C)nc(C)nc1-c1cccc(C(=O)NC[C@H](C)n2ccnc2)c1. The second-order valence-corrected chi connectivity index (χ2v) is 6.69. The van der Waals surface area contributed by atoms with Gasteiger partial charge in [0, 0.05) is 41.8 Å². The zero-order chi connectivity index (χ0) is 19.4. The molecule has 1 atom stereocenters. The average Bonchev–Trinajstić information content (AvgIpc) is 3.20. The van der Waals surface area contributed by atoms with E-state index in [-0.39, 0.29) is 11.9 Å². The fraction of sp³-hybridized carbons (Fsp3) is 0.333. The summed E-state index contributed by atoms with van der Waals surface area (Å²) in [6, 6.07) is 7.75. The molecule has 6 heteroatoms. The van der Waals surface area contributed by atoms with Crippen molar-refractivity contribution in [2.45, 2.75) is 40.2 Å². The molecule has 140 valence electrons. The monoisotopic (exact) mass is 363 g/mol. The van der Waals surface area contributed by atoms with E-state index in [4.69, 9.17) is 0 Å². The number of rotatable bonds is 6. The molecule has 2 heterocycles. The van der Waals surface area contributed by atoms with Crippen molar-refractivity contribution >= 4 is 5.91 Å². The highest BCUT2D eigenvalue weighted by molar-refractivity contribution is 5.95. The van der Waals surface area contributed by atoms with Crippen LogP contribution < -0.4 is 5.32 Å². The first kappa shape index (κ1) is 18.8. The molecular weight excluding hydrogens is 338 g/mol. The molecule has 0 bridgehead atoms. The molecular formula is C21H25N5O.